The topological polar surface area (TPSA) is 38.9 Å². The van der Waals surface area contributed by atoms with Crippen molar-refractivity contribution < 1.29 is 8.78 Å². The average molecular weight is 255 g/mol. The largest absolute Gasteiger partial charge is 0.397 e. The van der Waals surface area contributed by atoms with Gasteiger partial charge < -0.3 is 5.73 Å². The number of nitrogens with zero attached hydrogens (tertiary/aromatic N) is 1. The lowest BCUT2D eigenvalue weighted by Crippen LogP contribution is -1.95. The molecule has 0 saturated heterocycles. The van der Waals surface area contributed by atoms with Crippen LogP contribution in [0.3, 0.4) is 0 Å². The Hall–Kier alpha value is -1.68. The second kappa shape index (κ2) is 4.30. The summed E-state index contributed by atoms with van der Waals surface area (Å²) in [4.78, 5) is 4.18. The molecule has 2 aromatic rings. The smallest absolute Gasteiger partial charge is 0.160 e. The van der Waals surface area contributed by atoms with Gasteiger partial charge in [-0.25, -0.2) is 8.78 Å². The summed E-state index contributed by atoms with van der Waals surface area (Å²) in [6.45, 7) is 1.73. The number of benzene rings is 1. The summed E-state index contributed by atoms with van der Waals surface area (Å²) in [7, 11) is 0. The van der Waals surface area contributed by atoms with E-state index in [9.17, 15) is 8.78 Å². The summed E-state index contributed by atoms with van der Waals surface area (Å²) in [5.74, 6) is -1.94. The van der Waals surface area contributed by atoms with Crippen molar-refractivity contribution in [3.05, 3.63) is 46.6 Å². The summed E-state index contributed by atoms with van der Waals surface area (Å²) < 4.78 is 26.1. The Kier molecular flexibility index (Phi) is 2.98. The van der Waals surface area contributed by atoms with Gasteiger partial charge in [-0.3, -0.25) is 4.98 Å². The van der Waals surface area contributed by atoms with Crippen molar-refractivity contribution >= 4 is 17.3 Å². The van der Waals surface area contributed by atoms with Crippen LogP contribution in [0.15, 0.2) is 24.3 Å². The molecule has 0 aliphatic heterocycles. The zero-order valence-corrected chi connectivity index (χ0v) is 9.72. The summed E-state index contributed by atoms with van der Waals surface area (Å²) in [5.41, 5.74) is 7.58. The molecule has 2 N–H and O–H groups in total. The predicted octanol–water partition coefficient (Wildman–Crippen LogP) is 3.57. The fraction of sp³-hybridized carbons (Fsp3) is 0.0833. The molecule has 0 atom stereocenters. The summed E-state index contributed by atoms with van der Waals surface area (Å²) in [5, 5.41) is 0.112. The third kappa shape index (κ3) is 2.22. The normalized spacial score (nSPS) is 10.6. The maximum Gasteiger partial charge on any atom is 0.160 e. The van der Waals surface area contributed by atoms with Crippen LogP contribution >= 0.6 is 11.6 Å². The molecule has 0 radical (unpaired) electrons. The van der Waals surface area contributed by atoms with E-state index in [2.05, 4.69) is 4.98 Å². The molecular weight excluding hydrogens is 246 g/mol. The van der Waals surface area contributed by atoms with E-state index in [1.54, 1.807) is 19.1 Å². The molecule has 2 nitrogen and oxygen atoms in total. The van der Waals surface area contributed by atoms with Crippen molar-refractivity contribution in [1.29, 1.82) is 0 Å². The molecule has 17 heavy (non-hydrogen) atoms. The lowest BCUT2D eigenvalue weighted by Gasteiger charge is -2.07. The highest BCUT2D eigenvalue weighted by Crippen LogP contribution is 2.29. The monoisotopic (exact) mass is 254 g/mol. The van der Waals surface area contributed by atoms with Crippen molar-refractivity contribution in [3.8, 4) is 11.3 Å². The van der Waals surface area contributed by atoms with Crippen molar-refractivity contribution in [3.63, 3.8) is 0 Å². The van der Waals surface area contributed by atoms with Crippen LogP contribution in [-0.4, -0.2) is 4.98 Å². The quantitative estimate of drug-likeness (QED) is 0.790. The molecule has 2 rings (SSSR count). The van der Waals surface area contributed by atoms with E-state index < -0.39 is 11.6 Å². The lowest BCUT2D eigenvalue weighted by molar-refractivity contribution is 0.509. The molecule has 0 bridgehead atoms. The number of nitrogens with two attached hydrogens (primary N) is 1. The number of nitrogen functional groups attached to an aromatic ring is 1. The van der Waals surface area contributed by atoms with Gasteiger partial charge in [-0.05, 0) is 31.2 Å². The molecular formula is C12H9ClF2N2. The van der Waals surface area contributed by atoms with E-state index in [4.69, 9.17) is 17.3 Å². The van der Waals surface area contributed by atoms with Crippen molar-refractivity contribution in [1.82, 2.24) is 4.98 Å². The Morgan fingerprint density at radius 2 is 1.82 bits per heavy atom. The highest BCUT2D eigenvalue weighted by Gasteiger charge is 2.11. The number of rotatable bonds is 1. The van der Waals surface area contributed by atoms with Crippen LogP contribution in [0.2, 0.25) is 5.02 Å². The van der Waals surface area contributed by atoms with Crippen LogP contribution < -0.4 is 5.73 Å². The minimum atomic E-state index is -0.981. The molecule has 5 heteroatoms. The Morgan fingerprint density at radius 3 is 2.47 bits per heavy atom. The SMILES string of the molecule is Cc1nc(-c2cc(F)c(F)cc2Cl)ccc1N. The van der Waals surface area contributed by atoms with Crippen LogP contribution in [0, 0.1) is 18.6 Å². The number of anilines is 1. The Morgan fingerprint density at radius 1 is 1.18 bits per heavy atom. The molecule has 0 fully saturated rings. The van der Waals surface area contributed by atoms with E-state index in [0.717, 1.165) is 12.1 Å². The van der Waals surface area contributed by atoms with Gasteiger partial charge in [0.25, 0.3) is 0 Å². The van der Waals surface area contributed by atoms with Gasteiger partial charge in [0, 0.05) is 5.56 Å². The highest BCUT2D eigenvalue weighted by atomic mass is 35.5. The van der Waals surface area contributed by atoms with E-state index in [0.29, 0.717) is 22.6 Å². The lowest BCUT2D eigenvalue weighted by atomic mass is 10.1. The number of hydrogen-bond donors (Lipinski definition) is 1. The molecule has 1 heterocycles. The van der Waals surface area contributed by atoms with E-state index >= 15 is 0 Å². The number of halogens is 3. The molecule has 1 aromatic heterocycles. The van der Waals surface area contributed by atoms with Gasteiger partial charge in [-0.2, -0.15) is 0 Å². The van der Waals surface area contributed by atoms with Crippen LogP contribution in [0.5, 0.6) is 0 Å². The zero-order valence-electron chi connectivity index (χ0n) is 8.97. The number of hydrogen-bond acceptors (Lipinski definition) is 2. The molecule has 0 saturated carbocycles. The van der Waals surface area contributed by atoms with Crippen LogP contribution in [0.4, 0.5) is 14.5 Å². The fourth-order valence-electron chi connectivity index (χ4n) is 1.44. The standard InChI is InChI=1S/C12H9ClF2N2/c1-6-11(16)2-3-12(17-6)7-4-9(14)10(15)5-8(7)13/h2-5H,16H2,1H3. The maximum absolute atomic E-state index is 13.1. The average Bonchev–Trinajstić information content (AvgIpc) is 2.27. The Balaban J connectivity index is 2.60. The van der Waals surface area contributed by atoms with E-state index in [1.807, 2.05) is 0 Å². The third-order valence-electron chi connectivity index (χ3n) is 2.41. The highest BCUT2D eigenvalue weighted by molar-refractivity contribution is 6.33. The summed E-state index contributed by atoms with van der Waals surface area (Å²) in [6.07, 6.45) is 0. The minimum Gasteiger partial charge on any atom is -0.397 e. The van der Waals surface area contributed by atoms with Crippen molar-refractivity contribution in [2.45, 2.75) is 6.92 Å². The van der Waals surface area contributed by atoms with E-state index in [-0.39, 0.29) is 5.02 Å². The van der Waals surface area contributed by atoms with Gasteiger partial charge in [0.15, 0.2) is 11.6 Å². The predicted molar refractivity (Wildman–Crippen MR) is 63.7 cm³/mol. The van der Waals surface area contributed by atoms with Gasteiger partial charge in [-0.1, -0.05) is 11.6 Å². The first-order valence-electron chi connectivity index (χ1n) is 4.87. The van der Waals surface area contributed by atoms with Gasteiger partial charge in [0.2, 0.25) is 0 Å². The van der Waals surface area contributed by atoms with Crippen molar-refractivity contribution in [2.24, 2.45) is 0 Å². The molecule has 1 aromatic carbocycles. The number of pyridine rings is 1. The van der Waals surface area contributed by atoms with Gasteiger partial charge in [0.05, 0.1) is 22.1 Å². The van der Waals surface area contributed by atoms with Crippen LogP contribution in [-0.2, 0) is 0 Å². The first-order chi connectivity index (χ1) is 7.99. The van der Waals surface area contributed by atoms with Crippen LogP contribution in [0.1, 0.15) is 5.69 Å². The molecule has 0 spiro atoms. The van der Waals surface area contributed by atoms with Gasteiger partial charge in [0.1, 0.15) is 0 Å². The first kappa shape index (κ1) is 11.8. The van der Waals surface area contributed by atoms with E-state index in [1.165, 1.54) is 0 Å². The minimum absolute atomic E-state index is 0.112. The second-order valence-corrected chi connectivity index (χ2v) is 4.02. The summed E-state index contributed by atoms with van der Waals surface area (Å²) >= 11 is 5.85. The number of aryl methyl sites for hydroxylation is 1. The second-order valence-electron chi connectivity index (χ2n) is 3.62. The molecule has 0 aliphatic carbocycles. The maximum atomic E-state index is 13.1. The number of aromatic nitrogens is 1. The Labute approximate surface area is 102 Å². The van der Waals surface area contributed by atoms with Crippen molar-refractivity contribution in [2.75, 3.05) is 5.73 Å². The Bertz CT molecular complexity index is 585. The van der Waals surface area contributed by atoms with Gasteiger partial charge >= 0.3 is 0 Å². The molecule has 0 unspecified atom stereocenters. The summed E-state index contributed by atoms with van der Waals surface area (Å²) in [6, 6.07) is 5.21. The molecule has 0 aliphatic rings. The van der Waals surface area contributed by atoms with Gasteiger partial charge in [-0.15, -0.1) is 0 Å². The van der Waals surface area contributed by atoms with Crippen LogP contribution in [0.25, 0.3) is 11.3 Å². The fourth-order valence-corrected chi connectivity index (χ4v) is 1.69. The third-order valence-corrected chi connectivity index (χ3v) is 2.73. The first-order valence-corrected chi connectivity index (χ1v) is 5.25. The zero-order chi connectivity index (χ0) is 12.6. The molecule has 88 valence electrons. The molecule has 0 amide bonds.